The Balaban J connectivity index is 1.58. The fourth-order valence-electron chi connectivity index (χ4n) is 5.42. The van der Waals surface area contributed by atoms with Gasteiger partial charge in [-0.1, -0.05) is 43.2 Å². The lowest BCUT2D eigenvalue weighted by Crippen LogP contribution is -2.23. The summed E-state index contributed by atoms with van der Waals surface area (Å²) in [7, 11) is 0. The first-order valence-electron chi connectivity index (χ1n) is 13.4. The molecule has 0 radical (unpaired) electrons. The van der Waals surface area contributed by atoms with Crippen LogP contribution in [0.1, 0.15) is 56.2 Å². The highest BCUT2D eigenvalue weighted by Gasteiger charge is 2.24. The zero-order valence-corrected chi connectivity index (χ0v) is 21.3. The molecule has 0 bridgehead atoms. The zero-order valence-electron chi connectivity index (χ0n) is 21.3. The first kappa shape index (κ1) is 24.8. The average molecular weight is 494 g/mol. The maximum absolute atomic E-state index is 11.1. The number of rotatable bonds is 10. The molecule has 2 aromatic carbocycles. The summed E-state index contributed by atoms with van der Waals surface area (Å²) < 4.78 is 0. The Morgan fingerprint density at radius 3 is 2.59 bits per heavy atom. The average Bonchev–Trinajstić information content (AvgIpc) is 2.92. The summed E-state index contributed by atoms with van der Waals surface area (Å²) in [6.07, 6.45) is 12.4. The number of unbranched alkanes of at least 4 members (excludes halogenated alkanes) is 3. The highest BCUT2D eigenvalue weighted by Crippen LogP contribution is 2.42. The van der Waals surface area contributed by atoms with Crippen LogP contribution in [0.15, 0.2) is 67.0 Å². The molecule has 6 heteroatoms. The highest BCUT2D eigenvalue weighted by molar-refractivity contribution is 5.98. The summed E-state index contributed by atoms with van der Waals surface area (Å²) in [4.78, 5) is 23.0. The summed E-state index contributed by atoms with van der Waals surface area (Å²) in [6.45, 7) is 0.831. The second-order valence-electron chi connectivity index (χ2n) is 9.91. The molecule has 0 atom stereocenters. The predicted molar refractivity (Wildman–Crippen MR) is 152 cm³/mol. The van der Waals surface area contributed by atoms with Gasteiger partial charge in [0.15, 0.2) is 0 Å². The van der Waals surface area contributed by atoms with E-state index < -0.39 is 0 Å². The molecule has 6 nitrogen and oxygen atoms in total. The van der Waals surface area contributed by atoms with E-state index in [2.05, 4.69) is 52.3 Å². The molecule has 0 saturated carbocycles. The number of fused-ring (bicyclic) bond motifs is 2. The van der Waals surface area contributed by atoms with E-state index in [9.17, 15) is 4.79 Å². The SMILES string of the molecule is NC(=O)CCCCCCN(c1cc(-c2cccnc2)ccc1N)c1c2c(nc3ccccc13)CCCC2. The van der Waals surface area contributed by atoms with E-state index in [0.29, 0.717) is 6.42 Å². The van der Waals surface area contributed by atoms with Gasteiger partial charge in [0.25, 0.3) is 0 Å². The molecule has 1 aliphatic rings. The molecule has 37 heavy (non-hydrogen) atoms. The third-order valence-corrected chi connectivity index (χ3v) is 7.28. The van der Waals surface area contributed by atoms with E-state index in [-0.39, 0.29) is 5.91 Å². The molecule has 0 aliphatic heterocycles. The van der Waals surface area contributed by atoms with Crippen molar-refractivity contribution in [3.63, 3.8) is 0 Å². The molecule has 1 aliphatic carbocycles. The Kier molecular flexibility index (Phi) is 7.64. The fraction of sp³-hybridized carbons (Fsp3) is 0.323. The van der Waals surface area contributed by atoms with Gasteiger partial charge in [-0.15, -0.1) is 0 Å². The number of hydrogen-bond acceptors (Lipinski definition) is 5. The first-order chi connectivity index (χ1) is 18.1. The third-order valence-electron chi connectivity index (χ3n) is 7.28. The van der Waals surface area contributed by atoms with Gasteiger partial charge in [0.05, 0.1) is 22.6 Å². The van der Waals surface area contributed by atoms with Crippen LogP contribution in [-0.2, 0) is 17.6 Å². The Bertz CT molecular complexity index is 1390. The van der Waals surface area contributed by atoms with Crippen molar-refractivity contribution >= 4 is 33.9 Å². The van der Waals surface area contributed by atoms with Gasteiger partial charge in [0.1, 0.15) is 0 Å². The quantitative estimate of drug-likeness (QED) is 0.199. The van der Waals surface area contributed by atoms with Gasteiger partial charge in [-0.05, 0) is 73.9 Å². The number of anilines is 3. The minimum atomic E-state index is -0.225. The molecule has 5 rings (SSSR count). The maximum atomic E-state index is 11.1. The van der Waals surface area contributed by atoms with Gasteiger partial charge in [0.2, 0.25) is 5.91 Å². The van der Waals surface area contributed by atoms with Crippen LogP contribution in [0.4, 0.5) is 17.1 Å². The summed E-state index contributed by atoms with van der Waals surface area (Å²) in [5, 5.41) is 1.17. The predicted octanol–water partition coefficient (Wildman–Crippen LogP) is 6.33. The van der Waals surface area contributed by atoms with Gasteiger partial charge in [0, 0.05) is 42.0 Å². The summed E-state index contributed by atoms with van der Waals surface area (Å²) in [5.41, 5.74) is 20.8. The minimum absolute atomic E-state index is 0.225. The molecule has 0 spiro atoms. The Labute approximate surface area is 218 Å². The second-order valence-corrected chi connectivity index (χ2v) is 9.91. The lowest BCUT2D eigenvalue weighted by atomic mass is 9.91. The number of pyridine rings is 2. The van der Waals surface area contributed by atoms with Crippen molar-refractivity contribution in [1.29, 1.82) is 0 Å². The van der Waals surface area contributed by atoms with Crippen LogP contribution in [0, 0.1) is 0 Å². The second kappa shape index (κ2) is 11.4. The van der Waals surface area contributed by atoms with E-state index in [1.165, 1.54) is 35.2 Å². The Morgan fingerprint density at radius 2 is 1.76 bits per heavy atom. The van der Waals surface area contributed by atoms with E-state index >= 15 is 0 Å². The van der Waals surface area contributed by atoms with Crippen molar-refractivity contribution in [1.82, 2.24) is 9.97 Å². The molecular formula is C31H35N5O. The number of primary amides is 1. The van der Waals surface area contributed by atoms with Crippen molar-refractivity contribution in [2.75, 3.05) is 17.2 Å². The van der Waals surface area contributed by atoms with Gasteiger partial charge < -0.3 is 16.4 Å². The number of amides is 1. The van der Waals surface area contributed by atoms with Crippen molar-refractivity contribution < 1.29 is 4.79 Å². The molecule has 2 heterocycles. The molecule has 2 aromatic heterocycles. The van der Waals surface area contributed by atoms with Crippen LogP contribution in [-0.4, -0.2) is 22.4 Å². The normalized spacial score (nSPS) is 12.9. The molecule has 0 fully saturated rings. The van der Waals surface area contributed by atoms with Gasteiger partial charge in [-0.3, -0.25) is 14.8 Å². The van der Waals surface area contributed by atoms with Crippen LogP contribution in [0.3, 0.4) is 0 Å². The van der Waals surface area contributed by atoms with E-state index in [0.717, 1.165) is 73.1 Å². The molecule has 4 N–H and O–H groups in total. The van der Waals surface area contributed by atoms with Crippen molar-refractivity contribution in [2.24, 2.45) is 5.73 Å². The van der Waals surface area contributed by atoms with E-state index in [4.69, 9.17) is 16.5 Å². The lowest BCUT2D eigenvalue weighted by molar-refractivity contribution is -0.118. The van der Waals surface area contributed by atoms with E-state index in [1.54, 1.807) is 6.20 Å². The number of benzene rings is 2. The number of aryl methyl sites for hydroxylation is 1. The molecule has 0 unspecified atom stereocenters. The maximum Gasteiger partial charge on any atom is 0.217 e. The summed E-state index contributed by atoms with van der Waals surface area (Å²) >= 11 is 0. The van der Waals surface area contributed by atoms with Crippen LogP contribution < -0.4 is 16.4 Å². The third kappa shape index (κ3) is 5.58. The molecule has 190 valence electrons. The van der Waals surface area contributed by atoms with Gasteiger partial charge >= 0.3 is 0 Å². The number of aromatic nitrogens is 2. The van der Waals surface area contributed by atoms with E-state index in [1.807, 2.05) is 18.3 Å². The summed E-state index contributed by atoms with van der Waals surface area (Å²) in [5.74, 6) is -0.225. The summed E-state index contributed by atoms with van der Waals surface area (Å²) in [6, 6.07) is 18.8. The lowest BCUT2D eigenvalue weighted by Gasteiger charge is -2.32. The zero-order chi connectivity index (χ0) is 25.6. The number of nitrogen functional groups attached to an aromatic ring is 1. The smallest absolute Gasteiger partial charge is 0.217 e. The Hall–Kier alpha value is -3.93. The van der Waals surface area contributed by atoms with Gasteiger partial charge in [-0.25, -0.2) is 0 Å². The number of carbonyl (C=O) groups excluding carboxylic acids is 1. The number of nitrogens with zero attached hydrogens (tertiary/aromatic N) is 3. The minimum Gasteiger partial charge on any atom is -0.397 e. The van der Waals surface area contributed by atoms with Crippen LogP contribution in [0.5, 0.6) is 0 Å². The molecule has 4 aromatic rings. The number of para-hydroxylation sites is 1. The largest absolute Gasteiger partial charge is 0.397 e. The number of hydrogen-bond donors (Lipinski definition) is 2. The standard InChI is InChI=1S/C31H35N5O/c32-26-17-16-22(23-10-9-18-34-21-23)20-29(26)36(19-8-2-1-3-15-30(33)37)31-24-11-4-6-13-27(24)35-28-14-7-5-12-25(28)31/h4,6,9-11,13,16-18,20-21H,1-3,5,7-8,12,14-15,19,32H2,(H2,33,37). The number of nitrogens with two attached hydrogens (primary N) is 2. The monoisotopic (exact) mass is 493 g/mol. The topological polar surface area (TPSA) is 98.1 Å². The van der Waals surface area contributed by atoms with Gasteiger partial charge in [-0.2, -0.15) is 0 Å². The van der Waals surface area contributed by atoms with Crippen LogP contribution in [0.25, 0.3) is 22.0 Å². The van der Waals surface area contributed by atoms with Crippen molar-refractivity contribution in [3.05, 3.63) is 78.2 Å². The number of carbonyl (C=O) groups is 1. The van der Waals surface area contributed by atoms with Crippen molar-refractivity contribution in [2.45, 2.75) is 57.8 Å². The Morgan fingerprint density at radius 1 is 0.919 bits per heavy atom. The molecule has 0 saturated heterocycles. The van der Waals surface area contributed by atoms with Crippen LogP contribution >= 0.6 is 0 Å². The van der Waals surface area contributed by atoms with Crippen LogP contribution in [0.2, 0.25) is 0 Å². The fourth-order valence-corrected chi connectivity index (χ4v) is 5.42. The molecular weight excluding hydrogens is 458 g/mol. The highest BCUT2D eigenvalue weighted by atomic mass is 16.1. The first-order valence-corrected chi connectivity index (χ1v) is 13.4. The molecule has 1 amide bonds. The van der Waals surface area contributed by atoms with Crippen molar-refractivity contribution in [3.8, 4) is 11.1 Å².